The highest BCUT2D eigenvalue weighted by Gasteiger charge is 2.65. The number of nitrogens with zero attached hydrogens (tertiary/aromatic N) is 3. The summed E-state index contributed by atoms with van der Waals surface area (Å²) in [6.45, 7) is 36.4. The van der Waals surface area contributed by atoms with Crippen molar-refractivity contribution in [3.63, 3.8) is 0 Å². The molecule has 4 heterocycles. The van der Waals surface area contributed by atoms with Gasteiger partial charge in [-0.15, -0.1) is 0 Å². The van der Waals surface area contributed by atoms with Gasteiger partial charge in [0.2, 0.25) is 0 Å². The SMILES string of the molecule is CC(C)(C)c1ccc(N(c2ccc(C(C)(C)C)cc2)c2cc3c4c(c2)N2c5c(cc(C(C)(C)C)c6c5B4c4c(ccc5c4C6(C)c4ccccc4-5)N3c3ccc(C(C)(C)C)cc3-c3ccccc3)C3(C)CCCCC23C)cc1. The second-order valence-electron chi connectivity index (χ2n) is 29.0. The molecule has 0 amide bonds. The first-order valence-corrected chi connectivity index (χ1v) is 29.3. The zero-order valence-electron chi connectivity index (χ0n) is 49.2. The lowest BCUT2D eigenvalue weighted by Crippen LogP contribution is -2.69. The maximum atomic E-state index is 2.98. The van der Waals surface area contributed by atoms with Gasteiger partial charge in [-0.05, 0) is 181 Å². The lowest BCUT2D eigenvalue weighted by molar-refractivity contribution is 0.195. The molecule has 8 aromatic carbocycles. The van der Waals surface area contributed by atoms with E-state index in [0.717, 1.165) is 17.8 Å². The van der Waals surface area contributed by atoms with Gasteiger partial charge < -0.3 is 14.7 Å². The van der Waals surface area contributed by atoms with Crippen molar-refractivity contribution in [2.24, 2.45) is 0 Å². The predicted octanol–water partition coefficient (Wildman–Crippen LogP) is 18.0. The van der Waals surface area contributed by atoms with Crippen LogP contribution in [0.4, 0.5) is 45.5 Å². The Kier molecular flexibility index (Phi) is 10.1. The third-order valence-corrected chi connectivity index (χ3v) is 20.4. The van der Waals surface area contributed by atoms with Gasteiger partial charge in [0.05, 0.1) is 16.9 Å². The molecule has 3 nitrogen and oxygen atoms in total. The fraction of sp³-hybridized carbons (Fsp3) is 0.351. The van der Waals surface area contributed by atoms with Crippen LogP contribution in [-0.2, 0) is 32.5 Å². The van der Waals surface area contributed by atoms with Crippen molar-refractivity contribution < 1.29 is 0 Å². The van der Waals surface area contributed by atoms with Gasteiger partial charge in [-0.3, -0.25) is 0 Å². The number of anilines is 8. The molecule has 0 radical (unpaired) electrons. The molecule has 392 valence electrons. The van der Waals surface area contributed by atoms with Crippen LogP contribution in [0.3, 0.4) is 0 Å². The van der Waals surface area contributed by atoms with Crippen LogP contribution in [0.2, 0.25) is 0 Å². The van der Waals surface area contributed by atoms with Crippen LogP contribution in [0.5, 0.6) is 0 Å². The van der Waals surface area contributed by atoms with Crippen LogP contribution in [0, 0.1) is 0 Å². The van der Waals surface area contributed by atoms with E-state index >= 15 is 0 Å². The van der Waals surface area contributed by atoms with E-state index in [1.54, 1.807) is 16.6 Å². The van der Waals surface area contributed by atoms with E-state index in [1.807, 2.05) is 0 Å². The molecule has 0 bridgehead atoms. The molecule has 0 spiro atoms. The van der Waals surface area contributed by atoms with Crippen molar-refractivity contribution in [3.05, 3.63) is 196 Å². The fourth-order valence-corrected chi connectivity index (χ4v) is 16.0. The Morgan fingerprint density at radius 3 is 1.64 bits per heavy atom. The van der Waals surface area contributed by atoms with Gasteiger partial charge >= 0.3 is 0 Å². The van der Waals surface area contributed by atoms with E-state index < -0.39 is 0 Å². The van der Waals surface area contributed by atoms with Crippen LogP contribution in [-0.4, -0.2) is 12.3 Å². The van der Waals surface area contributed by atoms with E-state index in [9.17, 15) is 0 Å². The second-order valence-corrected chi connectivity index (χ2v) is 29.0. The monoisotopic (exact) mass is 1020 g/mol. The highest BCUT2D eigenvalue weighted by molar-refractivity contribution is 7.01. The largest absolute Gasteiger partial charge is 0.335 e. The Morgan fingerprint density at radius 2 is 1.01 bits per heavy atom. The van der Waals surface area contributed by atoms with Crippen molar-refractivity contribution >= 4 is 68.6 Å². The van der Waals surface area contributed by atoms with Gasteiger partial charge in [0, 0.05) is 50.5 Å². The number of fused-ring (bicyclic) bond motifs is 8. The molecule has 6 aliphatic rings. The molecule has 0 aromatic heterocycles. The quantitative estimate of drug-likeness (QED) is 0.159. The van der Waals surface area contributed by atoms with Gasteiger partial charge in [0.1, 0.15) is 0 Å². The summed E-state index contributed by atoms with van der Waals surface area (Å²) in [6, 6.07) is 60.1. The lowest BCUT2D eigenvalue weighted by Gasteiger charge is -2.55. The molecule has 0 saturated heterocycles. The molecule has 1 saturated carbocycles. The highest BCUT2D eigenvalue weighted by Crippen LogP contribution is 2.66. The van der Waals surface area contributed by atoms with Crippen molar-refractivity contribution in [2.45, 2.75) is 168 Å². The first kappa shape index (κ1) is 49.5. The topological polar surface area (TPSA) is 9.72 Å². The van der Waals surface area contributed by atoms with Gasteiger partial charge in [-0.25, -0.2) is 0 Å². The smallest absolute Gasteiger partial charge is 0.253 e. The summed E-state index contributed by atoms with van der Waals surface area (Å²) in [5.41, 5.74) is 30.8. The average Bonchev–Trinajstić information content (AvgIpc) is 1.74. The summed E-state index contributed by atoms with van der Waals surface area (Å²) >= 11 is 0. The molecule has 4 heteroatoms. The minimum atomic E-state index is -0.379. The van der Waals surface area contributed by atoms with Gasteiger partial charge in [0.15, 0.2) is 0 Å². The number of hydrogen-bond acceptors (Lipinski definition) is 3. The minimum Gasteiger partial charge on any atom is -0.335 e. The molecule has 3 unspecified atom stereocenters. The molecular formula is C74H78BN3. The van der Waals surface area contributed by atoms with E-state index in [2.05, 4.69) is 270 Å². The van der Waals surface area contributed by atoms with Crippen molar-refractivity contribution in [2.75, 3.05) is 14.7 Å². The van der Waals surface area contributed by atoms with Crippen molar-refractivity contribution in [1.29, 1.82) is 0 Å². The van der Waals surface area contributed by atoms with Crippen molar-refractivity contribution in [3.8, 4) is 22.3 Å². The molecule has 4 aliphatic heterocycles. The van der Waals surface area contributed by atoms with Crippen LogP contribution in [0.15, 0.2) is 152 Å². The summed E-state index contributed by atoms with van der Waals surface area (Å²) in [6.07, 6.45) is 4.77. The van der Waals surface area contributed by atoms with Crippen LogP contribution < -0.4 is 31.1 Å². The lowest BCUT2D eigenvalue weighted by atomic mass is 9.28. The Bertz CT molecular complexity index is 3780. The van der Waals surface area contributed by atoms with E-state index in [1.165, 1.54) is 120 Å². The first-order valence-electron chi connectivity index (χ1n) is 29.3. The molecule has 14 rings (SSSR count). The molecule has 3 atom stereocenters. The third kappa shape index (κ3) is 6.52. The molecule has 2 aliphatic carbocycles. The average molecular weight is 1020 g/mol. The van der Waals surface area contributed by atoms with Crippen molar-refractivity contribution in [1.82, 2.24) is 0 Å². The summed E-state index contributed by atoms with van der Waals surface area (Å²) in [5, 5.41) is 0. The summed E-state index contributed by atoms with van der Waals surface area (Å²) in [4.78, 5) is 8.31. The van der Waals surface area contributed by atoms with Gasteiger partial charge in [-0.2, -0.15) is 0 Å². The Balaban J connectivity index is 1.17. The van der Waals surface area contributed by atoms with E-state index in [0.29, 0.717) is 0 Å². The number of benzene rings is 8. The summed E-state index contributed by atoms with van der Waals surface area (Å²) in [7, 11) is 0. The fourth-order valence-electron chi connectivity index (χ4n) is 16.0. The molecule has 78 heavy (non-hydrogen) atoms. The Morgan fingerprint density at radius 1 is 0.436 bits per heavy atom. The van der Waals surface area contributed by atoms with Crippen LogP contribution in [0.1, 0.15) is 174 Å². The molecular weight excluding hydrogens is 942 g/mol. The summed E-state index contributed by atoms with van der Waals surface area (Å²) in [5.74, 6) is 0. The second kappa shape index (κ2) is 16.0. The maximum absolute atomic E-state index is 2.98. The molecule has 0 N–H and O–H groups in total. The van der Waals surface area contributed by atoms with Crippen LogP contribution >= 0.6 is 0 Å². The standard InChI is InChI=1S/C74H78BN3/c1-68(2,3)46-27-32-49(33-28-46)76(50-34-29-47(30-35-50)69(4,5)6)51-42-60-64-61(43-51)78-67-57(72(13)39-21-22-40-73(72,78)14)44-56(71(10,11)12)63-66(67)75(64)65-59(38-36-53-52-25-19-20-26-55(52)74(63,15)62(53)65)77(60)58-37-31-48(70(7,8)9)41-54(58)45-23-17-16-18-24-45/h16-20,23-38,41-44H,21-22,39-40H2,1-15H3. The minimum absolute atomic E-state index is 0.0207. The van der Waals surface area contributed by atoms with E-state index in [4.69, 9.17) is 0 Å². The highest BCUT2D eigenvalue weighted by atomic mass is 15.3. The Labute approximate surface area is 466 Å². The first-order chi connectivity index (χ1) is 36.9. The number of rotatable bonds is 5. The maximum Gasteiger partial charge on any atom is 0.253 e. The predicted molar refractivity (Wildman–Crippen MR) is 334 cm³/mol. The van der Waals surface area contributed by atoms with Gasteiger partial charge in [-0.1, -0.05) is 200 Å². The normalized spacial score (nSPS) is 21.1. The third-order valence-electron chi connectivity index (χ3n) is 20.4. The zero-order chi connectivity index (χ0) is 54.6. The molecule has 1 fully saturated rings. The summed E-state index contributed by atoms with van der Waals surface area (Å²) < 4.78 is 0. The number of hydrogen-bond donors (Lipinski definition) is 0. The van der Waals surface area contributed by atoms with E-state index in [-0.39, 0.29) is 44.7 Å². The Hall–Kier alpha value is -6.78. The molecule has 8 aromatic rings. The zero-order valence-corrected chi connectivity index (χ0v) is 49.2. The van der Waals surface area contributed by atoms with Crippen LogP contribution in [0.25, 0.3) is 22.3 Å². The van der Waals surface area contributed by atoms with Gasteiger partial charge in [0.25, 0.3) is 6.71 Å².